The number of aromatic nitrogens is 2. The number of likely N-dealkylation sites (N-methyl/N-ethyl adjacent to an activating group) is 1. The monoisotopic (exact) mass is 258 g/mol. The molecule has 0 saturated carbocycles. The van der Waals surface area contributed by atoms with Crippen molar-refractivity contribution in [2.45, 2.75) is 32.9 Å². The first-order valence-electron chi connectivity index (χ1n) is 5.82. The van der Waals surface area contributed by atoms with Crippen molar-refractivity contribution in [3.05, 3.63) is 16.4 Å². The van der Waals surface area contributed by atoms with Gasteiger partial charge >= 0.3 is 0 Å². The first-order chi connectivity index (χ1) is 7.75. The largest absolute Gasteiger partial charge is 0.311 e. The molecule has 0 radical (unpaired) electrons. The van der Waals surface area contributed by atoms with Gasteiger partial charge in [0.05, 0.1) is 5.69 Å². The SMILES string of the molecule is Cc1nn(C)c(Cl)c1CNCC(C)(C)N(C)C. The van der Waals surface area contributed by atoms with Gasteiger partial charge in [0.1, 0.15) is 5.15 Å². The molecule has 5 heteroatoms. The van der Waals surface area contributed by atoms with Crippen molar-refractivity contribution in [1.29, 1.82) is 0 Å². The third kappa shape index (κ3) is 3.44. The van der Waals surface area contributed by atoms with E-state index in [1.54, 1.807) is 4.68 Å². The van der Waals surface area contributed by atoms with Crippen molar-refractivity contribution in [3.8, 4) is 0 Å². The summed E-state index contributed by atoms with van der Waals surface area (Å²) in [5, 5.41) is 8.45. The predicted molar refractivity (Wildman–Crippen MR) is 72.4 cm³/mol. The summed E-state index contributed by atoms with van der Waals surface area (Å²) in [4.78, 5) is 2.21. The highest BCUT2D eigenvalue weighted by Gasteiger charge is 2.20. The maximum atomic E-state index is 6.18. The molecule has 0 spiro atoms. The molecule has 4 nitrogen and oxygen atoms in total. The van der Waals surface area contributed by atoms with E-state index >= 15 is 0 Å². The molecule has 1 aromatic rings. The van der Waals surface area contributed by atoms with Gasteiger partial charge in [-0.2, -0.15) is 5.10 Å². The molecule has 0 aliphatic carbocycles. The van der Waals surface area contributed by atoms with E-state index in [-0.39, 0.29) is 5.54 Å². The Morgan fingerprint density at radius 1 is 1.41 bits per heavy atom. The Kier molecular flexibility index (Phi) is 4.58. The molecule has 1 rings (SSSR count). The molecule has 0 aliphatic rings. The second kappa shape index (κ2) is 5.38. The van der Waals surface area contributed by atoms with Crippen LogP contribution in [0.1, 0.15) is 25.1 Å². The fourth-order valence-electron chi connectivity index (χ4n) is 1.53. The number of hydrogen-bond acceptors (Lipinski definition) is 3. The van der Waals surface area contributed by atoms with E-state index in [0.717, 1.165) is 29.5 Å². The molecule has 0 saturated heterocycles. The van der Waals surface area contributed by atoms with Crippen LogP contribution >= 0.6 is 11.6 Å². The Hall–Kier alpha value is -0.580. The van der Waals surface area contributed by atoms with E-state index in [0.29, 0.717) is 0 Å². The zero-order valence-electron chi connectivity index (χ0n) is 11.6. The summed E-state index contributed by atoms with van der Waals surface area (Å²) in [6.07, 6.45) is 0. The first-order valence-corrected chi connectivity index (χ1v) is 6.19. The summed E-state index contributed by atoms with van der Waals surface area (Å²) in [5.74, 6) is 0. The van der Waals surface area contributed by atoms with Crippen molar-refractivity contribution >= 4 is 11.6 Å². The van der Waals surface area contributed by atoms with Gasteiger partial charge in [0.15, 0.2) is 0 Å². The zero-order chi connectivity index (χ0) is 13.2. The summed E-state index contributed by atoms with van der Waals surface area (Å²) >= 11 is 6.18. The molecule has 0 aromatic carbocycles. The number of aryl methyl sites for hydroxylation is 2. The van der Waals surface area contributed by atoms with E-state index in [4.69, 9.17) is 11.6 Å². The molecule has 0 fully saturated rings. The zero-order valence-corrected chi connectivity index (χ0v) is 12.4. The van der Waals surface area contributed by atoms with E-state index in [9.17, 15) is 0 Å². The van der Waals surface area contributed by atoms with E-state index in [1.165, 1.54) is 0 Å². The summed E-state index contributed by atoms with van der Waals surface area (Å²) < 4.78 is 1.71. The minimum absolute atomic E-state index is 0.128. The lowest BCUT2D eigenvalue weighted by molar-refractivity contribution is 0.189. The van der Waals surface area contributed by atoms with Crippen LogP contribution in [-0.2, 0) is 13.6 Å². The second-order valence-corrected chi connectivity index (χ2v) is 5.65. The van der Waals surface area contributed by atoms with Crippen LogP contribution in [0.2, 0.25) is 5.15 Å². The highest BCUT2D eigenvalue weighted by atomic mass is 35.5. The number of rotatable bonds is 5. The van der Waals surface area contributed by atoms with Crippen molar-refractivity contribution in [2.24, 2.45) is 7.05 Å². The van der Waals surface area contributed by atoms with E-state index in [1.807, 2.05) is 14.0 Å². The molecule has 1 N–H and O–H groups in total. The lowest BCUT2D eigenvalue weighted by atomic mass is 10.0. The lowest BCUT2D eigenvalue weighted by Crippen LogP contribution is -2.46. The highest BCUT2D eigenvalue weighted by molar-refractivity contribution is 6.30. The Morgan fingerprint density at radius 3 is 2.41 bits per heavy atom. The number of halogens is 1. The molecule has 17 heavy (non-hydrogen) atoms. The quantitative estimate of drug-likeness (QED) is 0.875. The third-order valence-corrected chi connectivity index (χ3v) is 3.81. The van der Waals surface area contributed by atoms with Gasteiger partial charge < -0.3 is 10.2 Å². The second-order valence-electron chi connectivity index (χ2n) is 5.29. The first kappa shape index (κ1) is 14.5. The van der Waals surface area contributed by atoms with Gasteiger partial charge in [0.2, 0.25) is 0 Å². The Bertz CT molecular complexity index is 382. The van der Waals surface area contributed by atoms with Gasteiger partial charge in [-0.3, -0.25) is 4.68 Å². The number of hydrogen-bond donors (Lipinski definition) is 1. The molecular weight excluding hydrogens is 236 g/mol. The van der Waals surface area contributed by atoms with Crippen LogP contribution in [0, 0.1) is 6.92 Å². The minimum Gasteiger partial charge on any atom is -0.311 e. The molecule has 0 aliphatic heterocycles. The Labute approximate surface area is 109 Å². The average Bonchev–Trinajstić information content (AvgIpc) is 2.44. The topological polar surface area (TPSA) is 33.1 Å². The van der Waals surface area contributed by atoms with Crippen molar-refractivity contribution < 1.29 is 0 Å². The van der Waals surface area contributed by atoms with Crippen LogP contribution in [0.5, 0.6) is 0 Å². The van der Waals surface area contributed by atoms with Crippen LogP contribution in [0.15, 0.2) is 0 Å². The Morgan fingerprint density at radius 2 is 2.00 bits per heavy atom. The molecule has 1 heterocycles. The van der Waals surface area contributed by atoms with Crippen LogP contribution in [0.3, 0.4) is 0 Å². The fraction of sp³-hybridized carbons (Fsp3) is 0.750. The number of nitrogens with one attached hydrogen (secondary N) is 1. The van der Waals surface area contributed by atoms with Crippen LogP contribution in [0.4, 0.5) is 0 Å². The average molecular weight is 259 g/mol. The molecule has 0 amide bonds. The van der Waals surface area contributed by atoms with Crippen molar-refractivity contribution in [1.82, 2.24) is 20.0 Å². The van der Waals surface area contributed by atoms with Gasteiger partial charge in [-0.15, -0.1) is 0 Å². The summed E-state index contributed by atoms with van der Waals surface area (Å²) in [6.45, 7) is 8.07. The maximum absolute atomic E-state index is 6.18. The van der Waals surface area contributed by atoms with Gasteiger partial charge in [0, 0.05) is 31.2 Å². The van der Waals surface area contributed by atoms with E-state index in [2.05, 4.69) is 43.3 Å². The van der Waals surface area contributed by atoms with Gasteiger partial charge in [-0.25, -0.2) is 0 Å². The third-order valence-electron chi connectivity index (χ3n) is 3.34. The van der Waals surface area contributed by atoms with Crippen LogP contribution in [-0.4, -0.2) is 40.9 Å². The molecule has 1 aromatic heterocycles. The molecule has 0 atom stereocenters. The highest BCUT2D eigenvalue weighted by Crippen LogP contribution is 2.18. The molecule has 0 bridgehead atoms. The van der Waals surface area contributed by atoms with Crippen molar-refractivity contribution in [2.75, 3.05) is 20.6 Å². The molecular formula is C12H23ClN4. The maximum Gasteiger partial charge on any atom is 0.131 e. The van der Waals surface area contributed by atoms with Crippen LogP contribution in [0.25, 0.3) is 0 Å². The normalized spacial score (nSPS) is 12.5. The van der Waals surface area contributed by atoms with Gasteiger partial charge in [-0.05, 0) is 34.9 Å². The fourth-order valence-corrected chi connectivity index (χ4v) is 1.77. The van der Waals surface area contributed by atoms with Gasteiger partial charge in [0.25, 0.3) is 0 Å². The van der Waals surface area contributed by atoms with E-state index < -0.39 is 0 Å². The number of nitrogens with zero attached hydrogens (tertiary/aromatic N) is 3. The Balaban J connectivity index is 2.57. The minimum atomic E-state index is 0.128. The standard InChI is InChI=1S/C12H23ClN4/c1-9-10(11(13)17(6)15-9)7-14-8-12(2,3)16(4)5/h14H,7-8H2,1-6H3. The van der Waals surface area contributed by atoms with Crippen molar-refractivity contribution in [3.63, 3.8) is 0 Å². The summed E-state index contributed by atoms with van der Waals surface area (Å²) in [7, 11) is 6.04. The molecule has 98 valence electrons. The molecule has 0 unspecified atom stereocenters. The van der Waals surface area contributed by atoms with Crippen LogP contribution < -0.4 is 5.32 Å². The lowest BCUT2D eigenvalue weighted by Gasteiger charge is -2.32. The summed E-state index contributed by atoms with van der Waals surface area (Å²) in [5.41, 5.74) is 2.21. The smallest absolute Gasteiger partial charge is 0.131 e. The summed E-state index contributed by atoms with van der Waals surface area (Å²) in [6, 6.07) is 0. The van der Waals surface area contributed by atoms with Gasteiger partial charge in [-0.1, -0.05) is 11.6 Å². The predicted octanol–water partition coefficient (Wildman–Crippen LogP) is 1.81.